The number of rotatable bonds is 11. The highest BCUT2D eigenvalue weighted by molar-refractivity contribution is 5.92. The predicted octanol–water partition coefficient (Wildman–Crippen LogP) is 3.40. The topological polar surface area (TPSA) is 74.8 Å². The molecule has 0 aromatic heterocycles. The Morgan fingerprint density at radius 2 is 1.96 bits per heavy atom. The number of guanidine groups is 1. The van der Waals surface area contributed by atoms with Crippen LogP contribution in [0, 0.1) is 11.8 Å². The van der Waals surface area contributed by atoms with Crippen molar-refractivity contribution in [3.63, 3.8) is 0 Å². The molecule has 6 nitrogen and oxygen atoms in total. The summed E-state index contributed by atoms with van der Waals surface area (Å²) >= 11 is 0. The molecule has 0 bridgehead atoms. The molecule has 6 heteroatoms. The summed E-state index contributed by atoms with van der Waals surface area (Å²) in [5.74, 6) is 1.46. The lowest BCUT2D eigenvalue weighted by atomic mass is 10.1. The van der Waals surface area contributed by atoms with Gasteiger partial charge in [-0.1, -0.05) is 39.8 Å². The van der Waals surface area contributed by atoms with Crippen molar-refractivity contribution in [3.05, 3.63) is 29.8 Å². The van der Waals surface area contributed by atoms with Crippen LogP contribution in [0.5, 0.6) is 0 Å². The molecule has 0 heterocycles. The van der Waals surface area contributed by atoms with Crippen LogP contribution in [-0.4, -0.2) is 38.7 Å². The van der Waals surface area contributed by atoms with Gasteiger partial charge in [-0.05, 0) is 36.5 Å². The van der Waals surface area contributed by atoms with Gasteiger partial charge in [0.1, 0.15) is 0 Å². The molecule has 1 rings (SSSR count). The van der Waals surface area contributed by atoms with Gasteiger partial charge in [-0.25, -0.2) is 0 Å². The molecule has 1 aromatic carbocycles. The fourth-order valence-electron chi connectivity index (χ4n) is 2.28. The number of carbonyl (C=O) groups is 1. The first-order valence-electron chi connectivity index (χ1n) is 9.88. The second-order valence-corrected chi connectivity index (χ2v) is 7.15. The molecule has 1 unspecified atom stereocenters. The van der Waals surface area contributed by atoms with Crippen LogP contribution < -0.4 is 16.0 Å². The van der Waals surface area contributed by atoms with E-state index in [1.165, 1.54) is 0 Å². The molecule has 0 radical (unpaired) electrons. The van der Waals surface area contributed by atoms with Crippen LogP contribution in [-0.2, 0) is 16.1 Å². The minimum atomic E-state index is 0.0116. The van der Waals surface area contributed by atoms with Crippen LogP contribution >= 0.6 is 0 Å². The maximum absolute atomic E-state index is 12.0. The average Bonchev–Trinajstić information content (AvgIpc) is 2.66. The van der Waals surface area contributed by atoms with Crippen molar-refractivity contribution in [1.29, 1.82) is 0 Å². The summed E-state index contributed by atoms with van der Waals surface area (Å²) < 4.78 is 5.60. The summed E-state index contributed by atoms with van der Waals surface area (Å²) in [6.07, 6.45) is 1.91. The number of ether oxygens (including phenoxy) is 1. The molecular formula is C21H36N4O2. The third kappa shape index (κ3) is 9.99. The quantitative estimate of drug-likeness (QED) is 0.314. The summed E-state index contributed by atoms with van der Waals surface area (Å²) in [4.78, 5) is 16.3. The van der Waals surface area contributed by atoms with Gasteiger partial charge in [0.05, 0.1) is 6.61 Å². The zero-order chi connectivity index (χ0) is 20.1. The standard InChI is InChI=1S/C21H36N4O2/c1-6-17(4)20(26)25-19-9-7-8-18(14-19)15-24-21(22-5)23-11-13-27-12-10-16(2)3/h7-9,14,16-17H,6,10-13,15H2,1-5H3,(H,25,26)(H2,22,23,24). The van der Waals surface area contributed by atoms with E-state index in [1.54, 1.807) is 7.05 Å². The maximum Gasteiger partial charge on any atom is 0.227 e. The summed E-state index contributed by atoms with van der Waals surface area (Å²) in [6.45, 7) is 11.1. The van der Waals surface area contributed by atoms with Gasteiger partial charge in [0.15, 0.2) is 5.96 Å². The first kappa shape index (κ1) is 23.0. The Kier molecular flexibility index (Phi) is 11.2. The Morgan fingerprint density at radius 1 is 1.19 bits per heavy atom. The largest absolute Gasteiger partial charge is 0.380 e. The minimum Gasteiger partial charge on any atom is -0.380 e. The molecule has 1 amide bonds. The number of nitrogens with zero attached hydrogens (tertiary/aromatic N) is 1. The third-order valence-corrected chi connectivity index (χ3v) is 4.32. The van der Waals surface area contributed by atoms with Gasteiger partial charge >= 0.3 is 0 Å². The molecule has 0 saturated heterocycles. The number of anilines is 1. The predicted molar refractivity (Wildman–Crippen MR) is 113 cm³/mol. The lowest BCUT2D eigenvalue weighted by Crippen LogP contribution is -2.38. The van der Waals surface area contributed by atoms with Gasteiger partial charge < -0.3 is 20.7 Å². The average molecular weight is 377 g/mol. The molecule has 0 aliphatic rings. The Morgan fingerprint density at radius 3 is 2.63 bits per heavy atom. The van der Waals surface area contributed by atoms with Gasteiger partial charge in [-0.3, -0.25) is 9.79 Å². The fraction of sp³-hybridized carbons (Fsp3) is 0.619. The van der Waals surface area contributed by atoms with Gasteiger partial charge in [0, 0.05) is 38.3 Å². The van der Waals surface area contributed by atoms with E-state index >= 15 is 0 Å². The first-order chi connectivity index (χ1) is 13.0. The van der Waals surface area contributed by atoms with E-state index in [0.717, 1.165) is 36.7 Å². The Labute approximate surface area is 164 Å². The van der Waals surface area contributed by atoms with Crippen LogP contribution in [0.15, 0.2) is 29.3 Å². The fourth-order valence-corrected chi connectivity index (χ4v) is 2.28. The van der Waals surface area contributed by atoms with Crippen LogP contribution in [0.2, 0.25) is 0 Å². The highest BCUT2D eigenvalue weighted by Crippen LogP contribution is 2.13. The van der Waals surface area contributed by atoms with Crippen molar-refractivity contribution in [3.8, 4) is 0 Å². The molecule has 0 fully saturated rings. The van der Waals surface area contributed by atoms with Crippen LogP contribution in [0.1, 0.15) is 46.1 Å². The SMILES string of the molecule is CCC(C)C(=O)Nc1cccc(CNC(=NC)NCCOCCC(C)C)c1. The van der Waals surface area contributed by atoms with E-state index in [9.17, 15) is 4.79 Å². The van der Waals surface area contributed by atoms with Crippen LogP contribution in [0.4, 0.5) is 5.69 Å². The Bertz CT molecular complexity index is 587. The molecule has 1 aromatic rings. The molecule has 0 spiro atoms. The van der Waals surface area contributed by atoms with Crippen molar-refractivity contribution in [1.82, 2.24) is 10.6 Å². The maximum atomic E-state index is 12.0. The highest BCUT2D eigenvalue weighted by atomic mass is 16.5. The smallest absolute Gasteiger partial charge is 0.227 e. The summed E-state index contributed by atoms with van der Waals surface area (Å²) in [6, 6.07) is 7.86. The van der Waals surface area contributed by atoms with Crippen molar-refractivity contribution in [2.75, 3.05) is 32.1 Å². The normalized spacial score (nSPS) is 12.7. The molecule has 27 heavy (non-hydrogen) atoms. The lowest BCUT2D eigenvalue weighted by molar-refractivity contribution is -0.119. The minimum absolute atomic E-state index is 0.0116. The van der Waals surface area contributed by atoms with Crippen molar-refractivity contribution in [2.24, 2.45) is 16.8 Å². The molecule has 0 aliphatic carbocycles. The highest BCUT2D eigenvalue weighted by Gasteiger charge is 2.10. The summed E-state index contributed by atoms with van der Waals surface area (Å²) in [5.41, 5.74) is 1.90. The molecule has 152 valence electrons. The van der Waals surface area contributed by atoms with Crippen molar-refractivity contribution >= 4 is 17.6 Å². The monoisotopic (exact) mass is 376 g/mol. The van der Waals surface area contributed by atoms with Gasteiger partial charge in [-0.15, -0.1) is 0 Å². The van der Waals surface area contributed by atoms with Gasteiger partial charge in [0.25, 0.3) is 0 Å². The van der Waals surface area contributed by atoms with E-state index < -0.39 is 0 Å². The number of hydrogen-bond donors (Lipinski definition) is 3. The number of hydrogen-bond acceptors (Lipinski definition) is 3. The van der Waals surface area contributed by atoms with Crippen LogP contribution in [0.25, 0.3) is 0 Å². The molecule has 0 saturated carbocycles. The van der Waals surface area contributed by atoms with E-state index in [1.807, 2.05) is 38.1 Å². The number of aliphatic imine (C=N–C) groups is 1. The zero-order valence-corrected chi connectivity index (χ0v) is 17.5. The van der Waals surface area contributed by atoms with E-state index in [4.69, 9.17) is 4.74 Å². The molecular weight excluding hydrogens is 340 g/mol. The number of carbonyl (C=O) groups excluding carboxylic acids is 1. The van der Waals surface area contributed by atoms with Gasteiger partial charge in [-0.2, -0.15) is 0 Å². The van der Waals surface area contributed by atoms with Crippen molar-refractivity contribution < 1.29 is 9.53 Å². The number of benzene rings is 1. The van der Waals surface area contributed by atoms with Gasteiger partial charge in [0.2, 0.25) is 5.91 Å². The van der Waals surface area contributed by atoms with Crippen molar-refractivity contribution in [2.45, 2.75) is 47.1 Å². The second kappa shape index (κ2) is 13.1. The first-order valence-corrected chi connectivity index (χ1v) is 9.88. The Hall–Kier alpha value is -2.08. The number of amides is 1. The van der Waals surface area contributed by atoms with Crippen LogP contribution in [0.3, 0.4) is 0 Å². The zero-order valence-electron chi connectivity index (χ0n) is 17.5. The Balaban J connectivity index is 2.38. The molecule has 1 atom stereocenters. The van der Waals surface area contributed by atoms with E-state index in [-0.39, 0.29) is 11.8 Å². The number of nitrogens with one attached hydrogen (secondary N) is 3. The summed E-state index contributed by atoms with van der Waals surface area (Å²) in [5, 5.41) is 9.49. The lowest BCUT2D eigenvalue weighted by Gasteiger charge is -2.14. The summed E-state index contributed by atoms with van der Waals surface area (Å²) in [7, 11) is 1.75. The third-order valence-electron chi connectivity index (χ3n) is 4.32. The van der Waals surface area contributed by atoms with E-state index in [2.05, 4.69) is 34.8 Å². The molecule has 3 N–H and O–H groups in total. The molecule has 0 aliphatic heterocycles. The van der Waals surface area contributed by atoms with E-state index in [0.29, 0.717) is 25.6 Å². The second-order valence-electron chi connectivity index (χ2n) is 7.15.